The smallest absolute Gasteiger partial charge is 0.335 e. The number of aliphatic imine (C=N–C) groups is 1. The van der Waals surface area contributed by atoms with Gasteiger partial charge in [0.25, 0.3) is 5.90 Å². The van der Waals surface area contributed by atoms with Gasteiger partial charge in [0, 0.05) is 0 Å². The van der Waals surface area contributed by atoms with Crippen molar-refractivity contribution in [2.75, 3.05) is 13.2 Å². The molecule has 7 heteroatoms. The maximum absolute atomic E-state index is 11.4. The number of aliphatic hydroxyl groups is 2. The molecule has 0 aliphatic carbocycles. The molecule has 90 valence electrons. The van der Waals surface area contributed by atoms with Crippen LogP contribution in [0.15, 0.2) is 4.99 Å². The van der Waals surface area contributed by atoms with Crippen molar-refractivity contribution in [3.8, 4) is 0 Å². The number of aliphatic hydroxyl groups excluding tert-OH is 2. The standard InChI is InChI=1S/C9H14N2O5/c1-9(2)4-15-8(10-9)6-7(13)5(3-12)16-11(6)14/h5,7,12-13H,3-4H2,1-2H3/t5-,7+/m0/s1. The summed E-state index contributed by atoms with van der Waals surface area (Å²) in [5, 5.41) is 30.0. The Labute approximate surface area is 92.2 Å². The quantitative estimate of drug-likeness (QED) is 0.581. The summed E-state index contributed by atoms with van der Waals surface area (Å²) < 4.78 is 5.24. The van der Waals surface area contributed by atoms with Gasteiger partial charge in [-0.3, -0.25) is 5.21 Å². The van der Waals surface area contributed by atoms with Gasteiger partial charge in [0.2, 0.25) is 0 Å². The van der Waals surface area contributed by atoms with Gasteiger partial charge in [-0.1, -0.05) is 0 Å². The van der Waals surface area contributed by atoms with Gasteiger partial charge in [0.1, 0.15) is 12.7 Å². The second-order valence-corrected chi connectivity index (χ2v) is 4.43. The molecule has 2 heterocycles. The number of hydrogen-bond acceptors (Lipinski definition) is 6. The fraction of sp³-hybridized carbons (Fsp3) is 0.778. The van der Waals surface area contributed by atoms with E-state index in [1.54, 1.807) is 0 Å². The van der Waals surface area contributed by atoms with Crippen molar-refractivity contribution in [2.45, 2.75) is 31.6 Å². The maximum atomic E-state index is 11.4. The molecule has 0 saturated carbocycles. The highest BCUT2D eigenvalue weighted by Gasteiger charge is 2.45. The average Bonchev–Trinajstić information content (AvgIpc) is 2.67. The van der Waals surface area contributed by atoms with E-state index in [-0.39, 0.29) is 16.5 Å². The van der Waals surface area contributed by atoms with Crippen molar-refractivity contribution in [1.82, 2.24) is 0 Å². The fourth-order valence-corrected chi connectivity index (χ4v) is 1.57. The summed E-state index contributed by atoms with van der Waals surface area (Å²) in [4.78, 5) is 9.02. The molecule has 2 aliphatic rings. The monoisotopic (exact) mass is 230 g/mol. The van der Waals surface area contributed by atoms with Crippen LogP contribution in [-0.4, -0.2) is 57.7 Å². The van der Waals surface area contributed by atoms with Gasteiger partial charge in [-0.25, -0.2) is 4.99 Å². The second kappa shape index (κ2) is 3.60. The Morgan fingerprint density at radius 2 is 2.31 bits per heavy atom. The fourth-order valence-electron chi connectivity index (χ4n) is 1.57. The summed E-state index contributed by atoms with van der Waals surface area (Å²) in [6, 6.07) is 0. The van der Waals surface area contributed by atoms with Crippen LogP contribution in [0.5, 0.6) is 0 Å². The molecule has 0 fully saturated rings. The van der Waals surface area contributed by atoms with Gasteiger partial charge >= 0.3 is 5.71 Å². The van der Waals surface area contributed by atoms with Gasteiger partial charge in [0.05, 0.1) is 17.0 Å². The Morgan fingerprint density at radius 1 is 1.62 bits per heavy atom. The van der Waals surface area contributed by atoms with Gasteiger partial charge in [-0.15, -0.1) is 0 Å². The zero-order chi connectivity index (χ0) is 11.9. The predicted molar refractivity (Wildman–Crippen MR) is 54.1 cm³/mol. The van der Waals surface area contributed by atoms with Crippen LogP contribution in [-0.2, 0) is 9.57 Å². The summed E-state index contributed by atoms with van der Waals surface area (Å²) in [7, 11) is 0. The van der Waals surface area contributed by atoms with E-state index in [4.69, 9.17) is 14.7 Å². The van der Waals surface area contributed by atoms with Crippen LogP contribution in [0.1, 0.15) is 13.8 Å². The highest BCUT2D eigenvalue weighted by molar-refractivity contribution is 6.39. The van der Waals surface area contributed by atoms with E-state index in [0.717, 1.165) is 0 Å². The molecule has 0 aromatic heterocycles. The van der Waals surface area contributed by atoms with Gasteiger partial charge in [-0.2, -0.15) is 0 Å². The molecule has 7 nitrogen and oxygen atoms in total. The molecule has 0 radical (unpaired) electrons. The summed E-state index contributed by atoms with van der Waals surface area (Å²) in [5.41, 5.74) is -0.496. The maximum Gasteiger partial charge on any atom is 0.335 e. The molecule has 2 aliphatic heterocycles. The largest absolute Gasteiger partial charge is 0.471 e. The van der Waals surface area contributed by atoms with Crippen LogP contribution in [0.3, 0.4) is 0 Å². The van der Waals surface area contributed by atoms with Crippen molar-refractivity contribution >= 4 is 11.6 Å². The second-order valence-electron chi connectivity index (χ2n) is 4.43. The molecule has 2 N–H and O–H groups in total. The number of ether oxygens (including phenoxy) is 1. The zero-order valence-corrected chi connectivity index (χ0v) is 9.08. The Kier molecular flexibility index (Phi) is 2.51. The lowest BCUT2D eigenvalue weighted by atomic mass is 10.1. The molecule has 0 bridgehead atoms. The van der Waals surface area contributed by atoms with E-state index in [2.05, 4.69) is 4.99 Å². The Morgan fingerprint density at radius 3 is 2.75 bits per heavy atom. The lowest BCUT2D eigenvalue weighted by molar-refractivity contribution is -0.740. The first-order valence-corrected chi connectivity index (χ1v) is 4.97. The first-order chi connectivity index (χ1) is 7.44. The molecule has 0 saturated heterocycles. The molecule has 2 rings (SSSR count). The normalized spacial score (nSPS) is 32.4. The summed E-state index contributed by atoms with van der Waals surface area (Å²) in [5.74, 6) is 0.0865. The topological polar surface area (TPSA) is 97.4 Å². The third-order valence-corrected chi connectivity index (χ3v) is 2.43. The van der Waals surface area contributed by atoms with Gasteiger partial charge < -0.3 is 19.8 Å². The van der Waals surface area contributed by atoms with Crippen molar-refractivity contribution in [2.24, 2.45) is 4.99 Å². The predicted octanol–water partition coefficient (Wildman–Crippen LogP) is -1.19. The number of rotatable bonds is 2. The average molecular weight is 230 g/mol. The van der Waals surface area contributed by atoms with Gasteiger partial charge in [-0.05, 0) is 13.8 Å². The van der Waals surface area contributed by atoms with E-state index in [1.165, 1.54) is 0 Å². The lowest BCUT2D eigenvalue weighted by Gasteiger charge is -2.09. The van der Waals surface area contributed by atoms with E-state index in [0.29, 0.717) is 6.61 Å². The van der Waals surface area contributed by atoms with Crippen molar-refractivity contribution in [3.63, 3.8) is 0 Å². The molecule has 0 aromatic carbocycles. The minimum absolute atomic E-state index is 0.0791. The van der Waals surface area contributed by atoms with E-state index in [1.807, 2.05) is 13.8 Å². The van der Waals surface area contributed by atoms with Crippen LogP contribution < -0.4 is 0 Å². The molecular formula is C9H14N2O5. The third-order valence-electron chi connectivity index (χ3n) is 2.43. The zero-order valence-electron chi connectivity index (χ0n) is 9.08. The molecule has 0 spiro atoms. The summed E-state index contributed by atoms with van der Waals surface area (Å²) in [6.07, 6.45) is -2.17. The van der Waals surface area contributed by atoms with Crippen LogP contribution in [0.2, 0.25) is 0 Å². The highest BCUT2D eigenvalue weighted by Crippen LogP contribution is 2.21. The first-order valence-electron chi connectivity index (χ1n) is 4.97. The van der Waals surface area contributed by atoms with Gasteiger partial charge in [0.15, 0.2) is 6.10 Å². The van der Waals surface area contributed by atoms with Crippen LogP contribution in [0.4, 0.5) is 0 Å². The highest BCUT2D eigenvalue weighted by atomic mass is 16.9. The number of hydrogen-bond donors (Lipinski definition) is 2. The van der Waals surface area contributed by atoms with Crippen LogP contribution in [0.25, 0.3) is 0 Å². The molecule has 0 unspecified atom stereocenters. The summed E-state index contributed by atoms with van der Waals surface area (Å²) >= 11 is 0. The molecular weight excluding hydrogens is 216 g/mol. The molecule has 16 heavy (non-hydrogen) atoms. The minimum Gasteiger partial charge on any atom is -0.471 e. The SMILES string of the molecule is CC1(C)COC(C2=[N+]([O-])O[C@@H](CO)[C@H]2O)=N1. The first kappa shape index (κ1) is 11.2. The van der Waals surface area contributed by atoms with Crippen LogP contribution >= 0.6 is 0 Å². The van der Waals surface area contributed by atoms with E-state index in [9.17, 15) is 10.3 Å². The van der Waals surface area contributed by atoms with Crippen molar-refractivity contribution < 1.29 is 24.7 Å². The Bertz CT molecular complexity index is 363. The van der Waals surface area contributed by atoms with Crippen LogP contribution in [0, 0.1) is 5.21 Å². The van der Waals surface area contributed by atoms with Crippen molar-refractivity contribution in [1.29, 1.82) is 0 Å². The Balaban J connectivity index is 2.25. The van der Waals surface area contributed by atoms with Crippen molar-refractivity contribution in [3.05, 3.63) is 5.21 Å². The Hall–Kier alpha value is -1.34. The lowest BCUT2D eigenvalue weighted by Crippen LogP contribution is -2.36. The molecule has 2 atom stereocenters. The third kappa shape index (κ3) is 1.72. The minimum atomic E-state index is -1.21. The summed E-state index contributed by atoms with van der Waals surface area (Å²) in [6.45, 7) is 3.60. The molecule has 0 aromatic rings. The van der Waals surface area contributed by atoms with E-state index < -0.39 is 24.4 Å². The number of nitrogens with zero attached hydrogens (tertiary/aromatic N) is 2. The van der Waals surface area contributed by atoms with E-state index >= 15 is 0 Å². The molecule has 0 amide bonds.